The predicted molar refractivity (Wildman–Crippen MR) is 98.7 cm³/mol. The number of amides is 1. The van der Waals surface area contributed by atoms with Gasteiger partial charge in [-0.05, 0) is 35.9 Å². The molecule has 1 aromatic heterocycles. The summed E-state index contributed by atoms with van der Waals surface area (Å²) in [5.74, 6) is -0.274. The fourth-order valence-corrected chi connectivity index (χ4v) is 3.96. The summed E-state index contributed by atoms with van der Waals surface area (Å²) in [4.78, 5) is 25.1. The number of thiophene rings is 1. The summed E-state index contributed by atoms with van der Waals surface area (Å²) in [6.45, 7) is 0.807. The molecular weight excluding hydrogens is 350 g/mol. The molecule has 3 aromatic rings. The molecule has 0 saturated carbocycles. The minimum atomic E-state index is -0.966. The second kappa shape index (κ2) is 6.65. The van der Waals surface area contributed by atoms with Crippen LogP contribution >= 0.6 is 11.3 Å². The lowest BCUT2D eigenvalue weighted by atomic mass is 10.1. The van der Waals surface area contributed by atoms with Crippen LogP contribution in [0.5, 0.6) is 5.75 Å². The van der Waals surface area contributed by atoms with E-state index in [9.17, 15) is 9.59 Å². The monoisotopic (exact) mass is 365 g/mol. The van der Waals surface area contributed by atoms with E-state index in [-0.39, 0.29) is 11.5 Å². The maximum absolute atomic E-state index is 12.5. The molecule has 2 aromatic carbocycles. The van der Waals surface area contributed by atoms with Crippen molar-refractivity contribution in [2.45, 2.75) is 13.2 Å². The van der Waals surface area contributed by atoms with E-state index < -0.39 is 5.97 Å². The molecule has 5 nitrogen and oxygen atoms in total. The molecule has 1 amide bonds. The van der Waals surface area contributed by atoms with Crippen molar-refractivity contribution < 1.29 is 19.4 Å². The highest BCUT2D eigenvalue weighted by Crippen LogP contribution is 2.42. The van der Waals surface area contributed by atoms with Gasteiger partial charge in [0.1, 0.15) is 12.4 Å². The summed E-state index contributed by atoms with van der Waals surface area (Å²) in [5, 5.41) is 11.8. The van der Waals surface area contributed by atoms with Crippen LogP contribution < -0.4 is 10.1 Å². The van der Waals surface area contributed by atoms with Gasteiger partial charge in [-0.2, -0.15) is 0 Å². The highest BCUT2D eigenvalue weighted by Gasteiger charge is 2.22. The molecule has 0 spiro atoms. The first-order valence-corrected chi connectivity index (χ1v) is 8.89. The second-order valence-electron chi connectivity index (χ2n) is 5.93. The number of carbonyl (C=O) groups is 2. The number of carboxylic acids is 1. The lowest BCUT2D eigenvalue weighted by Crippen LogP contribution is -2.21. The molecule has 0 radical (unpaired) electrons. The van der Waals surface area contributed by atoms with Crippen LogP contribution in [0.15, 0.2) is 54.6 Å². The average Bonchev–Trinajstić information content (AvgIpc) is 3.11. The molecule has 2 heterocycles. The molecule has 0 unspecified atom stereocenters. The summed E-state index contributed by atoms with van der Waals surface area (Å²) < 4.78 is 5.73. The van der Waals surface area contributed by atoms with Crippen LogP contribution in [0.2, 0.25) is 0 Å². The number of ether oxygens (including phenoxy) is 1. The summed E-state index contributed by atoms with van der Waals surface area (Å²) in [6, 6.07) is 16.1. The van der Waals surface area contributed by atoms with E-state index in [1.54, 1.807) is 12.1 Å². The van der Waals surface area contributed by atoms with Gasteiger partial charge in [0, 0.05) is 22.5 Å². The lowest BCUT2D eigenvalue weighted by Gasteiger charge is -2.16. The van der Waals surface area contributed by atoms with E-state index in [0.29, 0.717) is 18.0 Å². The van der Waals surface area contributed by atoms with Crippen LogP contribution in [-0.2, 0) is 13.2 Å². The maximum Gasteiger partial charge on any atom is 0.335 e. The maximum atomic E-state index is 12.5. The molecule has 130 valence electrons. The van der Waals surface area contributed by atoms with Crippen LogP contribution in [0.4, 0.5) is 0 Å². The third kappa shape index (κ3) is 3.07. The minimum absolute atomic E-state index is 0.149. The Balaban J connectivity index is 1.48. The van der Waals surface area contributed by atoms with Gasteiger partial charge < -0.3 is 15.2 Å². The Bertz CT molecular complexity index is 991. The van der Waals surface area contributed by atoms with Crippen molar-refractivity contribution in [3.63, 3.8) is 0 Å². The predicted octanol–water partition coefficient (Wildman–Crippen LogP) is 3.94. The average molecular weight is 365 g/mol. The molecular formula is C20H15NO4S. The molecule has 1 aliphatic rings. The molecule has 0 saturated heterocycles. The van der Waals surface area contributed by atoms with E-state index in [4.69, 9.17) is 9.84 Å². The van der Waals surface area contributed by atoms with Gasteiger partial charge in [-0.1, -0.05) is 24.3 Å². The van der Waals surface area contributed by atoms with Gasteiger partial charge in [-0.25, -0.2) is 4.79 Å². The highest BCUT2D eigenvalue weighted by atomic mass is 32.1. The smallest absolute Gasteiger partial charge is 0.335 e. The number of para-hydroxylation sites is 1. The number of fused-ring (bicyclic) bond motifs is 3. The summed E-state index contributed by atoms with van der Waals surface area (Å²) >= 11 is 1.46. The van der Waals surface area contributed by atoms with Crippen LogP contribution in [0.1, 0.15) is 31.2 Å². The van der Waals surface area contributed by atoms with Crippen molar-refractivity contribution in [1.82, 2.24) is 5.32 Å². The Hall–Kier alpha value is -3.12. The summed E-state index contributed by atoms with van der Waals surface area (Å²) in [5.41, 5.74) is 3.11. The van der Waals surface area contributed by atoms with Crippen LogP contribution in [-0.4, -0.2) is 17.0 Å². The zero-order chi connectivity index (χ0) is 18.1. The second-order valence-corrected chi connectivity index (χ2v) is 6.99. The number of aromatic carboxylic acids is 1. The normalized spacial score (nSPS) is 11.8. The summed E-state index contributed by atoms with van der Waals surface area (Å²) in [7, 11) is 0. The van der Waals surface area contributed by atoms with Gasteiger partial charge >= 0.3 is 5.97 Å². The van der Waals surface area contributed by atoms with Crippen molar-refractivity contribution in [3.05, 3.63) is 76.2 Å². The van der Waals surface area contributed by atoms with Gasteiger partial charge in [-0.15, -0.1) is 11.3 Å². The standard InChI is InChI=1S/C20H15NO4S/c22-19(21-10-12-5-7-13(8-6-12)20(23)24)17-9-14-11-25-16-4-2-1-3-15(16)18(14)26-17/h1-9H,10-11H2,(H,21,22)(H,23,24). The van der Waals surface area contributed by atoms with Crippen molar-refractivity contribution in [2.24, 2.45) is 0 Å². The van der Waals surface area contributed by atoms with Crippen LogP contribution in [0.25, 0.3) is 10.4 Å². The number of hydrogen-bond acceptors (Lipinski definition) is 4. The van der Waals surface area contributed by atoms with Gasteiger partial charge in [-0.3, -0.25) is 4.79 Å². The van der Waals surface area contributed by atoms with Gasteiger partial charge in [0.05, 0.1) is 10.4 Å². The molecule has 0 aliphatic carbocycles. The third-order valence-corrected chi connectivity index (χ3v) is 5.41. The zero-order valence-corrected chi connectivity index (χ0v) is 14.5. The van der Waals surface area contributed by atoms with Crippen molar-refractivity contribution >= 4 is 23.2 Å². The molecule has 0 bridgehead atoms. The Kier molecular flexibility index (Phi) is 4.18. The Morgan fingerprint density at radius 2 is 1.88 bits per heavy atom. The van der Waals surface area contributed by atoms with Crippen LogP contribution in [0, 0.1) is 0 Å². The molecule has 1 aliphatic heterocycles. The Morgan fingerprint density at radius 3 is 2.65 bits per heavy atom. The van der Waals surface area contributed by atoms with E-state index in [1.807, 2.05) is 30.3 Å². The molecule has 26 heavy (non-hydrogen) atoms. The first-order valence-electron chi connectivity index (χ1n) is 8.07. The SMILES string of the molecule is O=C(O)c1ccc(CNC(=O)c2cc3c(s2)-c2ccccc2OC3)cc1. The highest BCUT2D eigenvalue weighted by molar-refractivity contribution is 7.17. The molecule has 0 fully saturated rings. The molecule has 6 heteroatoms. The Morgan fingerprint density at radius 1 is 1.12 bits per heavy atom. The number of benzene rings is 2. The minimum Gasteiger partial charge on any atom is -0.488 e. The fourth-order valence-electron chi connectivity index (χ4n) is 2.85. The number of nitrogens with one attached hydrogen (secondary N) is 1. The van der Waals surface area contributed by atoms with E-state index in [2.05, 4.69) is 5.32 Å². The third-order valence-electron chi connectivity index (χ3n) is 4.20. The fraction of sp³-hybridized carbons (Fsp3) is 0.100. The first kappa shape index (κ1) is 16.4. The largest absolute Gasteiger partial charge is 0.488 e. The van der Waals surface area contributed by atoms with Gasteiger partial charge in [0.15, 0.2) is 0 Å². The van der Waals surface area contributed by atoms with Gasteiger partial charge in [0.25, 0.3) is 5.91 Å². The zero-order valence-electron chi connectivity index (χ0n) is 13.7. The van der Waals surface area contributed by atoms with Crippen molar-refractivity contribution in [2.75, 3.05) is 0 Å². The van der Waals surface area contributed by atoms with Crippen molar-refractivity contribution in [3.8, 4) is 16.2 Å². The topological polar surface area (TPSA) is 75.6 Å². The quantitative estimate of drug-likeness (QED) is 0.734. The molecule has 0 atom stereocenters. The van der Waals surface area contributed by atoms with Crippen LogP contribution in [0.3, 0.4) is 0 Å². The van der Waals surface area contributed by atoms with Crippen molar-refractivity contribution in [1.29, 1.82) is 0 Å². The number of carbonyl (C=O) groups excluding carboxylic acids is 1. The first-order chi connectivity index (χ1) is 12.6. The number of rotatable bonds is 4. The summed E-state index contributed by atoms with van der Waals surface area (Å²) in [6.07, 6.45) is 0. The van der Waals surface area contributed by atoms with Gasteiger partial charge in [0.2, 0.25) is 0 Å². The van der Waals surface area contributed by atoms with E-state index in [0.717, 1.165) is 27.3 Å². The molecule has 4 rings (SSSR count). The number of carboxylic acid groups (broad SMARTS) is 1. The molecule has 2 N–H and O–H groups in total. The van der Waals surface area contributed by atoms with E-state index in [1.165, 1.54) is 23.5 Å². The lowest BCUT2D eigenvalue weighted by molar-refractivity contribution is 0.0696. The Labute approximate surface area is 153 Å². The number of hydrogen-bond donors (Lipinski definition) is 2. The van der Waals surface area contributed by atoms with E-state index >= 15 is 0 Å².